The first kappa shape index (κ1) is 17.7. The number of aromatic nitrogens is 1. The molecule has 1 aliphatic rings. The minimum atomic E-state index is -0.0540. The zero-order chi connectivity index (χ0) is 20.0. The Labute approximate surface area is 168 Å². The Kier molecular flexibility index (Phi) is 4.02. The Morgan fingerprint density at radius 1 is 0.931 bits per heavy atom. The molecule has 4 nitrogen and oxygen atoms in total. The molecule has 1 aromatic heterocycles. The molecule has 1 aliphatic heterocycles. The number of carbonyl (C=O) groups is 1. The molecule has 29 heavy (non-hydrogen) atoms. The lowest BCUT2D eigenvalue weighted by molar-refractivity contribution is 0.0786. The van der Waals surface area contributed by atoms with E-state index >= 15 is 0 Å². The van der Waals surface area contributed by atoms with Gasteiger partial charge in [-0.05, 0) is 36.2 Å². The number of hydrogen-bond donors (Lipinski definition) is 1. The molecular weight excluding hydrogens is 360 g/mol. The van der Waals surface area contributed by atoms with Crippen molar-refractivity contribution in [2.75, 3.05) is 13.1 Å². The third-order valence-corrected chi connectivity index (χ3v) is 6.20. The smallest absolute Gasteiger partial charge is 0.256 e. The van der Waals surface area contributed by atoms with E-state index in [9.17, 15) is 9.59 Å². The summed E-state index contributed by atoms with van der Waals surface area (Å²) in [6, 6.07) is 23.2. The molecule has 2 heterocycles. The van der Waals surface area contributed by atoms with Crippen molar-refractivity contribution in [1.82, 2.24) is 9.88 Å². The van der Waals surface area contributed by atoms with E-state index in [1.807, 2.05) is 53.4 Å². The standard InChI is InChI=1S/C25H22N2O2/c1-25(17-8-3-2-4-9-17)14-15-27(16-25)24(29)20-12-7-11-19-22(20)26-21-13-6-5-10-18(21)23(19)28/h2-13H,14-16H2,1H3,(H,26,28). The third kappa shape index (κ3) is 2.83. The van der Waals surface area contributed by atoms with Crippen molar-refractivity contribution in [3.8, 4) is 0 Å². The van der Waals surface area contributed by atoms with Gasteiger partial charge in [0.25, 0.3) is 5.91 Å². The van der Waals surface area contributed by atoms with E-state index in [2.05, 4.69) is 24.0 Å². The SMILES string of the molecule is CC1(c2ccccc2)CCN(C(=O)c2cccc3c(=O)c4ccccc4[nH]c23)C1. The van der Waals surface area contributed by atoms with E-state index in [0.29, 0.717) is 34.9 Å². The maximum Gasteiger partial charge on any atom is 0.256 e. The molecule has 5 rings (SSSR count). The molecule has 1 fully saturated rings. The van der Waals surface area contributed by atoms with E-state index in [1.54, 1.807) is 12.1 Å². The summed E-state index contributed by atoms with van der Waals surface area (Å²) in [7, 11) is 0. The quantitative estimate of drug-likeness (QED) is 0.520. The van der Waals surface area contributed by atoms with Gasteiger partial charge < -0.3 is 9.88 Å². The molecule has 0 radical (unpaired) electrons. The Morgan fingerprint density at radius 2 is 1.66 bits per heavy atom. The van der Waals surface area contributed by atoms with Crippen LogP contribution in [0.25, 0.3) is 21.8 Å². The topological polar surface area (TPSA) is 53.2 Å². The van der Waals surface area contributed by atoms with Gasteiger partial charge in [0.1, 0.15) is 0 Å². The van der Waals surface area contributed by atoms with Gasteiger partial charge in [-0.15, -0.1) is 0 Å². The highest BCUT2D eigenvalue weighted by atomic mass is 16.2. The summed E-state index contributed by atoms with van der Waals surface area (Å²) >= 11 is 0. The molecule has 1 N–H and O–H groups in total. The predicted molar refractivity (Wildman–Crippen MR) is 116 cm³/mol. The molecule has 0 aliphatic carbocycles. The second-order valence-electron chi connectivity index (χ2n) is 8.13. The predicted octanol–water partition coefficient (Wildman–Crippen LogP) is 4.49. The molecule has 1 saturated heterocycles. The van der Waals surface area contributed by atoms with Crippen molar-refractivity contribution < 1.29 is 4.79 Å². The van der Waals surface area contributed by atoms with Gasteiger partial charge in [0.05, 0.1) is 11.1 Å². The van der Waals surface area contributed by atoms with Crippen molar-refractivity contribution in [2.45, 2.75) is 18.8 Å². The highest BCUT2D eigenvalue weighted by Gasteiger charge is 2.37. The lowest BCUT2D eigenvalue weighted by Gasteiger charge is -2.25. The lowest BCUT2D eigenvalue weighted by atomic mass is 9.82. The van der Waals surface area contributed by atoms with Crippen molar-refractivity contribution >= 4 is 27.7 Å². The number of benzene rings is 3. The number of carbonyl (C=O) groups excluding carboxylic acids is 1. The van der Waals surface area contributed by atoms with E-state index < -0.39 is 0 Å². The number of amides is 1. The number of fused-ring (bicyclic) bond motifs is 2. The Morgan fingerprint density at radius 3 is 2.48 bits per heavy atom. The van der Waals surface area contributed by atoms with Gasteiger partial charge in [-0.3, -0.25) is 9.59 Å². The molecule has 4 heteroatoms. The molecule has 3 aromatic carbocycles. The van der Waals surface area contributed by atoms with Crippen LogP contribution < -0.4 is 5.43 Å². The molecule has 144 valence electrons. The molecular formula is C25H22N2O2. The summed E-state index contributed by atoms with van der Waals surface area (Å²) in [6.07, 6.45) is 0.924. The van der Waals surface area contributed by atoms with Crippen LogP contribution in [0.1, 0.15) is 29.3 Å². The molecule has 1 unspecified atom stereocenters. The van der Waals surface area contributed by atoms with Crippen LogP contribution in [0.15, 0.2) is 77.6 Å². The van der Waals surface area contributed by atoms with Gasteiger partial charge >= 0.3 is 0 Å². The van der Waals surface area contributed by atoms with Gasteiger partial charge in [-0.2, -0.15) is 0 Å². The molecule has 0 spiro atoms. The summed E-state index contributed by atoms with van der Waals surface area (Å²) in [5.41, 5.74) is 3.09. The minimum Gasteiger partial charge on any atom is -0.354 e. The monoisotopic (exact) mass is 382 g/mol. The summed E-state index contributed by atoms with van der Waals surface area (Å²) in [5, 5.41) is 1.20. The van der Waals surface area contributed by atoms with Crippen LogP contribution in [0.4, 0.5) is 0 Å². The van der Waals surface area contributed by atoms with Crippen LogP contribution in [0, 0.1) is 0 Å². The first-order valence-electron chi connectivity index (χ1n) is 9.95. The van der Waals surface area contributed by atoms with Gasteiger partial charge in [0.2, 0.25) is 0 Å². The largest absolute Gasteiger partial charge is 0.354 e. The number of hydrogen-bond acceptors (Lipinski definition) is 2. The van der Waals surface area contributed by atoms with E-state index in [1.165, 1.54) is 5.56 Å². The zero-order valence-corrected chi connectivity index (χ0v) is 16.3. The average molecular weight is 382 g/mol. The second-order valence-corrected chi connectivity index (χ2v) is 8.13. The lowest BCUT2D eigenvalue weighted by Crippen LogP contribution is -2.33. The fourth-order valence-corrected chi connectivity index (χ4v) is 4.51. The summed E-state index contributed by atoms with van der Waals surface area (Å²) in [5.74, 6) is -0.0267. The van der Waals surface area contributed by atoms with Crippen molar-refractivity contribution in [1.29, 1.82) is 0 Å². The Bertz CT molecular complexity index is 1290. The molecule has 0 bridgehead atoms. The number of rotatable bonds is 2. The van der Waals surface area contributed by atoms with Crippen molar-refractivity contribution in [2.24, 2.45) is 0 Å². The zero-order valence-electron chi connectivity index (χ0n) is 16.3. The minimum absolute atomic E-state index is 0.0267. The van der Waals surface area contributed by atoms with Crippen LogP contribution in [0.2, 0.25) is 0 Å². The van der Waals surface area contributed by atoms with E-state index in [-0.39, 0.29) is 16.8 Å². The molecule has 1 atom stereocenters. The van der Waals surface area contributed by atoms with Gasteiger partial charge in [-0.1, -0.05) is 55.5 Å². The summed E-state index contributed by atoms with van der Waals surface area (Å²) in [6.45, 7) is 3.59. The van der Waals surface area contributed by atoms with Crippen LogP contribution in [-0.4, -0.2) is 28.9 Å². The van der Waals surface area contributed by atoms with E-state index in [4.69, 9.17) is 0 Å². The Hall–Kier alpha value is -3.40. The molecule has 1 amide bonds. The van der Waals surface area contributed by atoms with Crippen LogP contribution in [0.5, 0.6) is 0 Å². The number of para-hydroxylation sites is 2. The second kappa shape index (κ2) is 6.59. The normalized spacial score (nSPS) is 19.1. The first-order chi connectivity index (χ1) is 14.1. The number of likely N-dealkylation sites (tertiary alicyclic amines) is 1. The van der Waals surface area contributed by atoms with Gasteiger partial charge in [0, 0.05) is 34.8 Å². The fraction of sp³-hybridized carbons (Fsp3) is 0.200. The number of H-pyrrole nitrogens is 1. The highest BCUT2D eigenvalue weighted by molar-refractivity contribution is 6.07. The van der Waals surface area contributed by atoms with Crippen molar-refractivity contribution in [3.05, 3.63) is 94.1 Å². The maximum atomic E-state index is 13.4. The average Bonchev–Trinajstić information content (AvgIpc) is 3.17. The van der Waals surface area contributed by atoms with Crippen LogP contribution in [-0.2, 0) is 5.41 Å². The number of nitrogens with zero attached hydrogens (tertiary/aromatic N) is 1. The third-order valence-electron chi connectivity index (χ3n) is 6.20. The van der Waals surface area contributed by atoms with E-state index in [0.717, 1.165) is 11.9 Å². The summed E-state index contributed by atoms with van der Waals surface area (Å²) in [4.78, 5) is 31.6. The first-order valence-corrected chi connectivity index (χ1v) is 9.95. The maximum absolute atomic E-state index is 13.4. The number of aromatic amines is 1. The van der Waals surface area contributed by atoms with Crippen LogP contribution in [0.3, 0.4) is 0 Å². The molecule has 4 aromatic rings. The van der Waals surface area contributed by atoms with Crippen LogP contribution >= 0.6 is 0 Å². The number of pyridine rings is 1. The molecule has 0 saturated carbocycles. The van der Waals surface area contributed by atoms with Gasteiger partial charge in [-0.25, -0.2) is 0 Å². The van der Waals surface area contributed by atoms with Crippen molar-refractivity contribution in [3.63, 3.8) is 0 Å². The number of nitrogens with one attached hydrogen (secondary N) is 1. The van der Waals surface area contributed by atoms with Gasteiger partial charge in [0.15, 0.2) is 5.43 Å². The highest BCUT2D eigenvalue weighted by Crippen LogP contribution is 2.35. The Balaban J connectivity index is 1.56. The summed E-state index contributed by atoms with van der Waals surface area (Å²) < 4.78 is 0. The fourth-order valence-electron chi connectivity index (χ4n) is 4.51.